The lowest BCUT2D eigenvalue weighted by atomic mass is 9.73. The fraction of sp³-hybridized carbons (Fsp3) is 0.650. The van der Waals surface area contributed by atoms with Gasteiger partial charge in [-0.3, -0.25) is 14.7 Å². The molecule has 3 saturated heterocycles. The molecule has 0 spiro atoms. The van der Waals surface area contributed by atoms with Crippen LogP contribution in [-0.4, -0.2) is 67.1 Å². The summed E-state index contributed by atoms with van der Waals surface area (Å²) < 4.78 is 4.66. The number of nitrogens with zero attached hydrogens (tertiary/aromatic N) is 2. The Hall–Kier alpha value is -1.99. The van der Waals surface area contributed by atoms with Gasteiger partial charge in [0.15, 0.2) is 0 Å². The van der Waals surface area contributed by atoms with Gasteiger partial charge in [-0.05, 0) is 62.9 Å². The van der Waals surface area contributed by atoms with Crippen molar-refractivity contribution in [1.82, 2.24) is 20.5 Å². The van der Waals surface area contributed by atoms with Crippen LogP contribution in [0.5, 0.6) is 0 Å². The largest absolute Gasteiger partial charge is 0.465 e. The van der Waals surface area contributed by atoms with Crippen LogP contribution >= 0.6 is 0 Å². The molecule has 4 rings (SSSR count). The number of rotatable bonds is 4. The first kappa shape index (κ1) is 18.4. The summed E-state index contributed by atoms with van der Waals surface area (Å²) in [6.45, 7) is 3.96. The smallest absolute Gasteiger partial charge is 0.339 e. The predicted octanol–water partition coefficient (Wildman–Crippen LogP) is 1.06. The standard InChI is InChI=1S/C20H28N4O3/c1-27-20(26)13-5-6-16(22-11-13)19(25)23-12-18-15-8-14(9-21-10-15)17-4-2-3-7-24(17)18/h5-6,11,14-15,17-18,21H,2-4,7-10,12H2,1H3,(H,23,25)/t14-,15+,17+,18+/m1/s1. The second kappa shape index (κ2) is 7.94. The highest BCUT2D eigenvalue weighted by molar-refractivity contribution is 5.94. The molecule has 27 heavy (non-hydrogen) atoms. The summed E-state index contributed by atoms with van der Waals surface area (Å²) in [6, 6.07) is 4.19. The molecule has 4 heterocycles. The van der Waals surface area contributed by atoms with Crippen LogP contribution < -0.4 is 10.6 Å². The fourth-order valence-corrected chi connectivity index (χ4v) is 5.10. The summed E-state index contributed by atoms with van der Waals surface area (Å²) in [6.07, 6.45) is 6.50. The number of aromatic nitrogens is 1. The van der Waals surface area contributed by atoms with E-state index in [4.69, 9.17) is 0 Å². The van der Waals surface area contributed by atoms with Crippen LogP contribution in [0.1, 0.15) is 46.5 Å². The Kier molecular flexibility index (Phi) is 5.41. The fourth-order valence-electron chi connectivity index (χ4n) is 5.10. The maximum atomic E-state index is 12.5. The molecule has 2 N–H and O–H groups in total. The first-order valence-corrected chi connectivity index (χ1v) is 9.96. The van der Waals surface area contributed by atoms with Gasteiger partial charge in [0.2, 0.25) is 0 Å². The van der Waals surface area contributed by atoms with Gasteiger partial charge >= 0.3 is 5.97 Å². The van der Waals surface area contributed by atoms with Crippen molar-refractivity contribution in [3.63, 3.8) is 0 Å². The molecule has 2 bridgehead atoms. The van der Waals surface area contributed by atoms with E-state index in [1.54, 1.807) is 12.1 Å². The third kappa shape index (κ3) is 3.71. The molecule has 0 unspecified atom stereocenters. The van der Waals surface area contributed by atoms with E-state index in [0.29, 0.717) is 35.8 Å². The zero-order chi connectivity index (χ0) is 18.8. The molecule has 0 aromatic carbocycles. The SMILES string of the molecule is COC(=O)c1ccc(C(=O)NC[C@H]2[C@@H]3CNC[C@@H](C3)[C@@H]3CCCCN32)nc1. The van der Waals surface area contributed by atoms with Gasteiger partial charge in [-0.2, -0.15) is 0 Å². The number of hydrogen-bond donors (Lipinski definition) is 2. The second-order valence-corrected chi connectivity index (χ2v) is 7.92. The Morgan fingerprint density at radius 2 is 2.15 bits per heavy atom. The minimum atomic E-state index is -0.452. The van der Waals surface area contributed by atoms with Crippen molar-refractivity contribution in [3.8, 4) is 0 Å². The van der Waals surface area contributed by atoms with Crippen LogP contribution in [0, 0.1) is 11.8 Å². The maximum Gasteiger partial charge on any atom is 0.339 e. The van der Waals surface area contributed by atoms with Crippen molar-refractivity contribution in [2.45, 2.75) is 37.8 Å². The normalized spacial score (nSPS) is 30.3. The van der Waals surface area contributed by atoms with Crippen molar-refractivity contribution in [1.29, 1.82) is 0 Å². The van der Waals surface area contributed by atoms with Gasteiger partial charge in [0.1, 0.15) is 5.69 Å². The van der Waals surface area contributed by atoms with E-state index in [1.807, 2.05) is 0 Å². The third-order valence-electron chi connectivity index (χ3n) is 6.41. The van der Waals surface area contributed by atoms with E-state index in [9.17, 15) is 9.59 Å². The molecule has 146 valence electrons. The van der Waals surface area contributed by atoms with Gasteiger partial charge in [-0.15, -0.1) is 0 Å². The molecule has 0 radical (unpaired) electrons. The van der Waals surface area contributed by atoms with E-state index in [0.717, 1.165) is 25.6 Å². The summed E-state index contributed by atoms with van der Waals surface area (Å²) in [4.78, 5) is 30.8. The summed E-state index contributed by atoms with van der Waals surface area (Å²) in [5.41, 5.74) is 0.671. The molecule has 1 amide bonds. The average molecular weight is 372 g/mol. The monoisotopic (exact) mass is 372 g/mol. The number of carbonyl (C=O) groups excluding carboxylic acids is 2. The van der Waals surface area contributed by atoms with Crippen LogP contribution in [0.3, 0.4) is 0 Å². The van der Waals surface area contributed by atoms with Gasteiger partial charge in [0.25, 0.3) is 5.91 Å². The average Bonchev–Trinajstić information content (AvgIpc) is 2.73. The first-order chi connectivity index (χ1) is 13.2. The number of ether oxygens (including phenoxy) is 1. The summed E-state index contributed by atoms with van der Waals surface area (Å²) in [5.74, 6) is 0.703. The lowest BCUT2D eigenvalue weighted by Crippen LogP contribution is -2.65. The molecule has 3 fully saturated rings. The molecule has 3 aliphatic rings. The summed E-state index contributed by atoms with van der Waals surface area (Å²) in [5, 5.41) is 6.68. The first-order valence-electron chi connectivity index (χ1n) is 9.96. The molecule has 4 atom stereocenters. The van der Waals surface area contributed by atoms with Gasteiger partial charge in [0, 0.05) is 24.8 Å². The number of nitrogens with one attached hydrogen (secondary N) is 2. The minimum absolute atomic E-state index is 0.189. The Morgan fingerprint density at radius 3 is 2.93 bits per heavy atom. The number of piperidine rings is 3. The minimum Gasteiger partial charge on any atom is -0.465 e. The molecule has 1 aromatic heterocycles. The zero-order valence-corrected chi connectivity index (χ0v) is 15.8. The van der Waals surface area contributed by atoms with Gasteiger partial charge in [-0.25, -0.2) is 4.79 Å². The Morgan fingerprint density at radius 1 is 1.30 bits per heavy atom. The molecule has 0 saturated carbocycles. The topological polar surface area (TPSA) is 83.6 Å². The quantitative estimate of drug-likeness (QED) is 0.769. The van der Waals surface area contributed by atoms with Gasteiger partial charge < -0.3 is 15.4 Å². The number of hydrogen-bond acceptors (Lipinski definition) is 6. The number of esters is 1. The van der Waals surface area contributed by atoms with E-state index in [-0.39, 0.29) is 5.91 Å². The molecule has 3 aliphatic heterocycles. The predicted molar refractivity (Wildman–Crippen MR) is 101 cm³/mol. The number of amides is 1. The van der Waals surface area contributed by atoms with E-state index in [1.165, 1.54) is 39.0 Å². The lowest BCUT2D eigenvalue weighted by molar-refractivity contribution is -0.0371. The Bertz CT molecular complexity index is 693. The van der Waals surface area contributed by atoms with E-state index >= 15 is 0 Å². The number of methoxy groups -OCH3 is 1. The van der Waals surface area contributed by atoms with Crippen molar-refractivity contribution < 1.29 is 14.3 Å². The molecular weight excluding hydrogens is 344 g/mol. The highest BCUT2D eigenvalue weighted by Gasteiger charge is 2.45. The molecular formula is C20H28N4O3. The van der Waals surface area contributed by atoms with Crippen molar-refractivity contribution in [2.24, 2.45) is 11.8 Å². The number of carbonyl (C=O) groups is 2. The van der Waals surface area contributed by atoms with Gasteiger partial charge in [0.05, 0.1) is 12.7 Å². The van der Waals surface area contributed by atoms with E-state index in [2.05, 4.69) is 25.3 Å². The zero-order valence-electron chi connectivity index (χ0n) is 15.8. The summed E-state index contributed by atoms with van der Waals surface area (Å²) in [7, 11) is 1.33. The molecule has 7 heteroatoms. The highest BCUT2D eigenvalue weighted by atomic mass is 16.5. The number of pyridine rings is 1. The molecule has 7 nitrogen and oxygen atoms in total. The van der Waals surface area contributed by atoms with Crippen LogP contribution in [0.2, 0.25) is 0 Å². The third-order valence-corrected chi connectivity index (χ3v) is 6.41. The lowest BCUT2D eigenvalue weighted by Gasteiger charge is -2.55. The highest BCUT2D eigenvalue weighted by Crippen LogP contribution is 2.38. The number of fused-ring (bicyclic) bond motifs is 4. The van der Waals surface area contributed by atoms with Crippen molar-refractivity contribution in [3.05, 3.63) is 29.6 Å². The molecule has 0 aliphatic carbocycles. The van der Waals surface area contributed by atoms with Crippen LogP contribution in [0.4, 0.5) is 0 Å². The van der Waals surface area contributed by atoms with Crippen LogP contribution in [-0.2, 0) is 4.74 Å². The van der Waals surface area contributed by atoms with Crippen LogP contribution in [0.25, 0.3) is 0 Å². The Labute approximate surface area is 159 Å². The molecule has 1 aromatic rings. The van der Waals surface area contributed by atoms with Crippen molar-refractivity contribution in [2.75, 3.05) is 33.3 Å². The van der Waals surface area contributed by atoms with Crippen LogP contribution in [0.15, 0.2) is 18.3 Å². The summed E-state index contributed by atoms with van der Waals surface area (Å²) >= 11 is 0. The van der Waals surface area contributed by atoms with E-state index < -0.39 is 5.97 Å². The maximum absolute atomic E-state index is 12.5. The van der Waals surface area contributed by atoms with Crippen molar-refractivity contribution >= 4 is 11.9 Å². The van der Waals surface area contributed by atoms with Gasteiger partial charge in [-0.1, -0.05) is 6.42 Å². The second-order valence-electron chi connectivity index (χ2n) is 7.92. The Balaban J connectivity index is 1.40.